The summed E-state index contributed by atoms with van der Waals surface area (Å²) < 4.78 is 42.7. The molecule has 3 nitrogen and oxygen atoms in total. The second kappa shape index (κ2) is 7.47. The molecule has 0 aliphatic carbocycles. The van der Waals surface area contributed by atoms with E-state index in [1.54, 1.807) is 13.0 Å². The van der Waals surface area contributed by atoms with Crippen molar-refractivity contribution in [3.05, 3.63) is 35.4 Å². The molecule has 0 radical (unpaired) electrons. The van der Waals surface area contributed by atoms with Gasteiger partial charge in [0.25, 0.3) is 0 Å². The molecule has 0 saturated carbocycles. The Morgan fingerprint density at radius 2 is 2.05 bits per heavy atom. The first kappa shape index (κ1) is 15.9. The number of hydrogen-bond acceptors (Lipinski definition) is 3. The maximum absolute atomic E-state index is 12.6. The minimum absolute atomic E-state index is 0.0385. The van der Waals surface area contributed by atoms with Gasteiger partial charge in [-0.1, -0.05) is 12.1 Å². The fraction of sp³-hybridized carbons (Fsp3) is 0.538. The number of alkyl halides is 3. The Bertz CT molecular complexity index is 382. The summed E-state index contributed by atoms with van der Waals surface area (Å²) in [5.41, 5.74) is -0.0628. The van der Waals surface area contributed by atoms with Gasteiger partial charge in [0.2, 0.25) is 0 Å². The molecule has 0 aromatic heterocycles. The fourth-order valence-corrected chi connectivity index (χ4v) is 1.62. The minimum atomic E-state index is -4.32. The number of ether oxygens (including phenoxy) is 1. The highest BCUT2D eigenvalue weighted by Crippen LogP contribution is 2.30. The van der Waals surface area contributed by atoms with Gasteiger partial charge >= 0.3 is 6.18 Å². The van der Waals surface area contributed by atoms with Crippen molar-refractivity contribution in [3.63, 3.8) is 0 Å². The SMILES string of the molecule is CC(NCCOCCO)c1cccc(C(F)(F)F)c1. The van der Waals surface area contributed by atoms with E-state index in [0.717, 1.165) is 12.1 Å². The van der Waals surface area contributed by atoms with E-state index in [-0.39, 0.29) is 19.3 Å². The Morgan fingerprint density at radius 3 is 2.68 bits per heavy atom. The Hall–Kier alpha value is -1.11. The molecule has 0 aliphatic rings. The molecule has 1 unspecified atom stereocenters. The summed E-state index contributed by atoms with van der Waals surface area (Å²) in [6, 6.07) is 5.06. The zero-order valence-corrected chi connectivity index (χ0v) is 10.7. The quantitative estimate of drug-likeness (QED) is 0.752. The van der Waals surface area contributed by atoms with Crippen LogP contribution in [0.15, 0.2) is 24.3 Å². The van der Waals surface area contributed by atoms with Crippen LogP contribution in [-0.4, -0.2) is 31.5 Å². The molecular weight excluding hydrogens is 259 g/mol. The van der Waals surface area contributed by atoms with Gasteiger partial charge in [-0.15, -0.1) is 0 Å². The van der Waals surface area contributed by atoms with Crippen LogP contribution in [0.1, 0.15) is 24.1 Å². The summed E-state index contributed by atoms with van der Waals surface area (Å²) in [6.07, 6.45) is -4.32. The summed E-state index contributed by atoms with van der Waals surface area (Å²) in [7, 11) is 0. The maximum Gasteiger partial charge on any atom is 0.416 e. The average Bonchev–Trinajstić information content (AvgIpc) is 2.37. The molecule has 0 heterocycles. The van der Waals surface area contributed by atoms with Crippen molar-refractivity contribution in [1.29, 1.82) is 0 Å². The number of hydrogen-bond donors (Lipinski definition) is 2. The molecule has 0 fully saturated rings. The normalized spacial score (nSPS) is 13.5. The molecule has 1 aromatic carbocycles. The molecule has 0 spiro atoms. The van der Waals surface area contributed by atoms with E-state index in [9.17, 15) is 13.2 Å². The summed E-state index contributed by atoms with van der Waals surface area (Å²) in [6.45, 7) is 2.94. The van der Waals surface area contributed by atoms with Gasteiger partial charge in [0.05, 0.1) is 25.4 Å². The van der Waals surface area contributed by atoms with Gasteiger partial charge in [-0.3, -0.25) is 0 Å². The van der Waals surface area contributed by atoms with Gasteiger partial charge in [0, 0.05) is 12.6 Å². The third-order valence-corrected chi connectivity index (χ3v) is 2.65. The summed E-state index contributed by atoms with van der Waals surface area (Å²) in [5, 5.41) is 11.6. The zero-order chi connectivity index (χ0) is 14.3. The zero-order valence-electron chi connectivity index (χ0n) is 10.7. The molecule has 6 heteroatoms. The van der Waals surface area contributed by atoms with E-state index >= 15 is 0 Å². The second-order valence-electron chi connectivity index (χ2n) is 4.14. The molecule has 2 N–H and O–H groups in total. The Morgan fingerprint density at radius 1 is 1.32 bits per heavy atom. The fourth-order valence-electron chi connectivity index (χ4n) is 1.62. The van der Waals surface area contributed by atoms with Crippen molar-refractivity contribution < 1.29 is 23.0 Å². The number of halogens is 3. The smallest absolute Gasteiger partial charge is 0.394 e. The van der Waals surface area contributed by atoms with Gasteiger partial charge in [-0.2, -0.15) is 13.2 Å². The minimum Gasteiger partial charge on any atom is -0.394 e. The number of rotatable bonds is 7. The highest BCUT2D eigenvalue weighted by atomic mass is 19.4. The number of benzene rings is 1. The van der Waals surface area contributed by atoms with Crippen LogP contribution in [0.4, 0.5) is 13.2 Å². The summed E-state index contributed by atoms with van der Waals surface area (Å²) in [4.78, 5) is 0. The van der Waals surface area contributed by atoms with Crippen molar-refractivity contribution in [2.24, 2.45) is 0 Å². The van der Waals surface area contributed by atoms with Crippen LogP contribution < -0.4 is 5.32 Å². The van der Waals surface area contributed by atoms with E-state index in [0.29, 0.717) is 18.7 Å². The Kier molecular flexibility index (Phi) is 6.27. The molecule has 0 aliphatic heterocycles. The second-order valence-corrected chi connectivity index (χ2v) is 4.14. The van der Waals surface area contributed by atoms with Gasteiger partial charge in [0.15, 0.2) is 0 Å². The molecule has 108 valence electrons. The predicted molar refractivity (Wildman–Crippen MR) is 65.8 cm³/mol. The highest BCUT2D eigenvalue weighted by molar-refractivity contribution is 5.27. The monoisotopic (exact) mass is 277 g/mol. The van der Waals surface area contributed by atoms with Crippen LogP contribution in [0.25, 0.3) is 0 Å². The van der Waals surface area contributed by atoms with Crippen molar-refractivity contribution in [2.45, 2.75) is 19.1 Å². The van der Waals surface area contributed by atoms with Crippen LogP contribution in [0.5, 0.6) is 0 Å². The van der Waals surface area contributed by atoms with Gasteiger partial charge < -0.3 is 15.2 Å². The number of nitrogens with one attached hydrogen (secondary N) is 1. The topological polar surface area (TPSA) is 41.5 Å². The largest absolute Gasteiger partial charge is 0.416 e. The van der Waals surface area contributed by atoms with E-state index < -0.39 is 11.7 Å². The third kappa shape index (κ3) is 5.59. The van der Waals surface area contributed by atoms with Crippen LogP contribution in [0, 0.1) is 0 Å². The number of aliphatic hydroxyl groups is 1. The molecule has 1 rings (SSSR count). The molecule has 19 heavy (non-hydrogen) atoms. The molecular formula is C13H18F3NO2. The standard InChI is InChI=1S/C13H18F3NO2/c1-10(17-5-7-19-8-6-18)11-3-2-4-12(9-11)13(14,15)16/h2-4,9-10,17-18H,5-8H2,1H3. The van der Waals surface area contributed by atoms with E-state index in [4.69, 9.17) is 9.84 Å². The molecule has 1 aromatic rings. The van der Waals surface area contributed by atoms with E-state index in [1.807, 2.05) is 0 Å². The van der Waals surface area contributed by atoms with Crippen molar-refractivity contribution in [3.8, 4) is 0 Å². The van der Waals surface area contributed by atoms with Crippen molar-refractivity contribution >= 4 is 0 Å². The Labute approximate surface area is 110 Å². The highest BCUT2D eigenvalue weighted by Gasteiger charge is 2.30. The lowest BCUT2D eigenvalue weighted by Crippen LogP contribution is -2.24. The lowest BCUT2D eigenvalue weighted by Gasteiger charge is -2.16. The van der Waals surface area contributed by atoms with Crippen LogP contribution >= 0.6 is 0 Å². The van der Waals surface area contributed by atoms with E-state index in [1.165, 1.54) is 6.07 Å². The van der Waals surface area contributed by atoms with Gasteiger partial charge in [0.1, 0.15) is 0 Å². The van der Waals surface area contributed by atoms with Crippen LogP contribution in [0.3, 0.4) is 0 Å². The first-order valence-electron chi connectivity index (χ1n) is 6.04. The first-order valence-corrected chi connectivity index (χ1v) is 6.04. The molecule has 1 atom stereocenters. The Balaban J connectivity index is 2.50. The van der Waals surface area contributed by atoms with Gasteiger partial charge in [-0.05, 0) is 24.6 Å². The average molecular weight is 277 g/mol. The third-order valence-electron chi connectivity index (χ3n) is 2.65. The van der Waals surface area contributed by atoms with Crippen molar-refractivity contribution in [2.75, 3.05) is 26.4 Å². The molecule has 0 bridgehead atoms. The predicted octanol–water partition coefficient (Wildman–Crippen LogP) is 2.36. The van der Waals surface area contributed by atoms with Crippen molar-refractivity contribution in [1.82, 2.24) is 5.32 Å². The van der Waals surface area contributed by atoms with E-state index in [2.05, 4.69) is 5.32 Å². The van der Waals surface area contributed by atoms with Gasteiger partial charge in [-0.25, -0.2) is 0 Å². The molecule has 0 amide bonds. The molecule has 0 saturated heterocycles. The number of aliphatic hydroxyl groups excluding tert-OH is 1. The van der Waals surface area contributed by atoms with Crippen LogP contribution in [-0.2, 0) is 10.9 Å². The lowest BCUT2D eigenvalue weighted by molar-refractivity contribution is -0.137. The summed E-state index contributed by atoms with van der Waals surface area (Å²) in [5.74, 6) is 0. The lowest BCUT2D eigenvalue weighted by atomic mass is 10.0. The maximum atomic E-state index is 12.6. The summed E-state index contributed by atoms with van der Waals surface area (Å²) >= 11 is 0. The van der Waals surface area contributed by atoms with Crippen LogP contribution in [0.2, 0.25) is 0 Å². The first-order chi connectivity index (χ1) is 8.95.